The van der Waals surface area contributed by atoms with Crippen LogP contribution in [0.5, 0.6) is 0 Å². The molecule has 2 rings (SSSR count). The third kappa shape index (κ3) is 2.19. The van der Waals surface area contributed by atoms with Gasteiger partial charge in [-0.1, -0.05) is 0 Å². The van der Waals surface area contributed by atoms with Crippen LogP contribution in [0.4, 0.5) is 0 Å². The zero-order valence-corrected chi connectivity index (χ0v) is 8.52. The topological polar surface area (TPSA) is 70.2 Å². The zero-order valence-electron chi connectivity index (χ0n) is 7.71. The second kappa shape index (κ2) is 4.18. The van der Waals surface area contributed by atoms with E-state index >= 15 is 0 Å². The number of thioether (sulfide) groups is 1. The van der Waals surface area contributed by atoms with Gasteiger partial charge >= 0.3 is 0 Å². The van der Waals surface area contributed by atoms with Gasteiger partial charge in [0.1, 0.15) is 0 Å². The molecule has 14 heavy (non-hydrogen) atoms. The summed E-state index contributed by atoms with van der Waals surface area (Å²) in [7, 11) is 0. The fraction of sp³-hybridized carbons (Fsp3) is 0.750. The van der Waals surface area contributed by atoms with E-state index in [9.17, 15) is 9.59 Å². The lowest BCUT2D eigenvalue weighted by Gasteiger charge is -2.14. The first kappa shape index (κ1) is 9.79. The van der Waals surface area contributed by atoms with Gasteiger partial charge in [0.25, 0.3) is 0 Å². The van der Waals surface area contributed by atoms with Crippen molar-refractivity contribution >= 4 is 23.6 Å². The maximum absolute atomic E-state index is 11.6. The molecule has 5 nitrogen and oxygen atoms in total. The molecule has 0 spiro atoms. The monoisotopic (exact) mass is 215 g/mol. The van der Waals surface area contributed by atoms with E-state index in [4.69, 9.17) is 0 Å². The van der Waals surface area contributed by atoms with Gasteiger partial charge in [-0.05, 0) is 0 Å². The minimum Gasteiger partial charge on any atom is -0.354 e. The second-order valence-electron chi connectivity index (χ2n) is 3.49. The van der Waals surface area contributed by atoms with Crippen LogP contribution in [0.1, 0.15) is 6.42 Å². The fourth-order valence-corrected chi connectivity index (χ4v) is 2.51. The largest absolute Gasteiger partial charge is 0.354 e. The first-order valence-electron chi connectivity index (χ1n) is 4.64. The fourth-order valence-electron chi connectivity index (χ4n) is 1.57. The lowest BCUT2D eigenvalue weighted by molar-refractivity contribution is -0.123. The van der Waals surface area contributed by atoms with Crippen molar-refractivity contribution < 1.29 is 9.59 Å². The molecule has 2 fully saturated rings. The normalized spacial score (nSPS) is 31.6. The first-order chi connectivity index (χ1) is 6.75. The van der Waals surface area contributed by atoms with Gasteiger partial charge in [0.2, 0.25) is 11.8 Å². The van der Waals surface area contributed by atoms with Gasteiger partial charge in [-0.25, -0.2) is 0 Å². The highest BCUT2D eigenvalue weighted by molar-refractivity contribution is 7.99. The Kier molecular flexibility index (Phi) is 2.93. The number of rotatable bonds is 2. The molecule has 2 saturated heterocycles. The number of amides is 2. The Morgan fingerprint density at radius 1 is 1.57 bits per heavy atom. The Bertz CT molecular complexity index is 253. The van der Waals surface area contributed by atoms with E-state index in [1.807, 2.05) is 0 Å². The summed E-state index contributed by atoms with van der Waals surface area (Å²) in [5.74, 6) is 1.68. The summed E-state index contributed by atoms with van der Waals surface area (Å²) < 4.78 is 0. The maximum Gasteiger partial charge on any atom is 0.238 e. The summed E-state index contributed by atoms with van der Waals surface area (Å²) in [6, 6.07) is -0.113. The minimum absolute atomic E-state index is 0.0106. The predicted molar refractivity (Wildman–Crippen MR) is 53.8 cm³/mol. The molecule has 0 saturated carbocycles. The molecule has 0 aromatic rings. The SMILES string of the molecule is O=C1CC(NC(=O)C2CSCN2)CN1. The van der Waals surface area contributed by atoms with Crippen molar-refractivity contribution in [1.29, 1.82) is 0 Å². The van der Waals surface area contributed by atoms with Crippen LogP contribution in [0.2, 0.25) is 0 Å². The van der Waals surface area contributed by atoms with E-state index in [1.54, 1.807) is 11.8 Å². The molecule has 0 aromatic carbocycles. The standard InChI is InChI=1S/C8H13N3O2S/c12-7-1-5(2-9-7)11-8(13)6-3-14-4-10-6/h5-6,10H,1-4H2,(H,9,12)(H,11,13). The quantitative estimate of drug-likeness (QED) is 0.533. The smallest absolute Gasteiger partial charge is 0.238 e. The lowest BCUT2D eigenvalue weighted by Crippen LogP contribution is -2.47. The van der Waals surface area contributed by atoms with E-state index in [0.717, 1.165) is 11.6 Å². The van der Waals surface area contributed by atoms with E-state index in [-0.39, 0.29) is 23.9 Å². The molecular formula is C8H13N3O2S. The molecule has 0 radical (unpaired) electrons. The molecule has 0 bridgehead atoms. The summed E-state index contributed by atoms with van der Waals surface area (Å²) in [5.41, 5.74) is 0. The van der Waals surface area contributed by atoms with Crippen LogP contribution in [0, 0.1) is 0 Å². The van der Waals surface area contributed by atoms with Crippen molar-refractivity contribution in [2.45, 2.75) is 18.5 Å². The van der Waals surface area contributed by atoms with Crippen molar-refractivity contribution in [3.63, 3.8) is 0 Å². The van der Waals surface area contributed by atoms with Gasteiger partial charge in [0, 0.05) is 24.6 Å². The van der Waals surface area contributed by atoms with Crippen LogP contribution in [0.3, 0.4) is 0 Å². The van der Waals surface area contributed by atoms with E-state index < -0.39 is 0 Å². The molecule has 78 valence electrons. The second-order valence-corrected chi connectivity index (χ2v) is 4.52. The van der Waals surface area contributed by atoms with E-state index in [2.05, 4.69) is 16.0 Å². The maximum atomic E-state index is 11.6. The van der Waals surface area contributed by atoms with Crippen LogP contribution in [0.25, 0.3) is 0 Å². The summed E-state index contributed by atoms with van der Waals surface area (Å²) in [6.07, 6.45) is 0.408. The van der Waals surface area contributed by atoms with Gasteiger partial charge in [-0.2, -0.15) is 0 Å². The summed E-state index contributed by atoms with van der Waals surface area (Å²) in [5, 5.41) is 8.63. The number of hydrogen-bond acceptors (Lipinski definition) is 4. The van der Waals surface area contributed by atoms with E-state index in [0.29, 0.717) is 13.0 Å². The Morgan fingerprint density at radius 3 is 3.00 bits per heavy atom. The Hall–Kier alpha value is -0.750. The average molecular weight is 215 g/mol. The molecule has 2 amide bonds. The van der Waals surface area contributed by atoms with Crippen LogP contribution in [-0.2, 0) is 9.59 Å². The molecule has 3 N–H and O–H groups in total. The molecule has 2 unspecified atom stereocenters. The van der Waals surface area contributed by atoms with Crippen molar-refractivity contribution in [3.8, 4) is 0 Å². The van der Waals surface area contributed by atoms with Crippen molar-refractivity contribution in [1.82, 2.24) is 16.0 Å². The Labute approximate surface area is 86.4 Å². The summed E-state index contributed by atoms with van der Waals surface area (Å²) in [4.78, 5) is 22.5. The average Bonchev–Trinajstić information content (AvgIpc) is 2.75. The molecule has 0 aliphatic carbocycles. The van der Waals surface area contributed by atoms with Gasteiger partial charge in [0.05, 0.1) is 12.1 Å². The highest BCUT2D eigenvalue weighted by Crippen LogP contribution is 2.10. The van der Waals surface area contributed by atoms with E-state index in [1.165, 1.54) is 0 Å². The molecule has 2 atom stereocenters. The summed E-state index contributed by atoms with van der Waals surface area (Å²) in [6.45, 7) is 0.560. The van der Waals surface area contributed by atoms with Gasteiger partial charge in [0.15, 0.2) is 0 Å². The van der Waals surface area contributed by atoms with Gasteiger partial charge in [-0.3, -0.25) is 14.9 Å². The first-order valence-corrected chi connectivity index (χ1v) is 5.79. The highest BCUT2D eigenvalue weighted by atomic mass is 32.2. The van der Waals surface area contributed by atoms with Crippen LogP contribution < -0.4 is 16.0 Å². The van der Waals surface area contributed by atoms with Crippen molar-refractivity contribution in [2.24, 2.45) is 0 Å². The highest BCUT2D eigenvalue weighted by Gasteiger charge is 2.27. The molecule has 0 aromatic heterocycles. The lowest BCUT2D eigenvalue weighted by atomic mass is 10.2. The molecule has 2 aliphatic rings. The third-order valence-corrected chi connectivity index (χ3v) is 3.30. The molecule has 2 aliphatic heterocycles. The number of nitrogens with one attached hydrogen (secondary N) is 3. The van der Waals surface area contributed by atoms with Crippen LogP contribution >= 0.6 is 11.8 Å². The van der Waals surface area contributed by atoms with Crippen LogP contribution in [-0.4, -0.2) is 42.1 Å². The molecule has 2 heterocycles. The van der Waals surface area contributed by atoms with Gasteiger partial charge in [-0.15, -0.1) is 11.8 Å². The molecule has 6 heteroatoms. The predicted octanol–water partition coefficient (Wildman–Crippen LogP) is -1.35. The minimum atomic E-state index is -0.0873. The van der Waals surface area contributed by atoms with Crippen molar-refractivity contribution in [3.05, 3.63) is 0 Å². The Balaban J connectivity index is 1.79. The number of carbonyl (C=O) groups excluding carboxylic acids is 2. The number of hydrogen-bond donors (Lipinski definition) is 3. The summed E-state index contributed by atoms with van der Waals surface area (Å²) >= 11 is 1.71. The zero-order chi connectivity index (χ0) is 9.97. The Morgan fingerprint density at radius 2 is 2.43 bits per heavy atom. The van der Waals surface area contributed by atoms with Gasteiger partial charge < -0.3 is 10.6 Å². The third-order valence-electron chi connectivity index (χ3n) is 2.36. The molecular weight excluding hydrogens is 202 g/mol. The number of carbonyl (C=O) groups is 2. The van der Waals surface area contributed by atoms with Crippen LogP contribution in [0.15, 0.2) is 0 Å². The van der Waals surface area contributed by atoms with Crippen molar-refractivity contribution in [2.75, 3.05) is 18.2 Å².